The van der Waals surface area contributed by atoms with Gasteiger partial charge in [-0.1, -0.05) is 17.7 Å². The number of benzene rings is 1. The van der Waals surface area contributed by atoms with Crippen molar-refractivity contribution in [1.29, 1.82) is 0 Å². The Hall–Kier alpha value is -2.21. The van der Waals surface area contributed by atoms with Crippen molar-refractivity contribution < 1.29 is 21.6 Å². The number of carbonyl (C=O) groups excluding carboxylic acids is 1. The molecule has 1 aliphatic heterocycles. The molecule has 0 radical (unpaired) electrons. The average Bonchev–Trinajstić information content (AvgIpc) is 2.74. The van der Waals surface area contributed by atoms with Crippen molar-refractivity contribution >= 4 is 43.2 Å². The number of nitrogens with one attached hydrogen (secondary N) is 1. The van der Waals surface area contributed by atoms with E-state index < -0.39 is 25.8 Å². The molecule has 3 rings (SSSR count). The second-order valence-electron chi connectivity index (χ2n) is 7.06. The van der Waals surface area contributed by atoms with Crippen LogP contribution in [0.5, 0.6) is 0 Å². The first kappa shape index (κ1) is 23.5. The van der Waals surface area contributed by atoms with Crippen LogP contribution in [0.3, 0.4) is 0 Å². The fourth-order valence-electron chi connectivity index (χ4n) is 3.19. The lowest BCUT2D eigenvalue weighted by Crippen LogP contribution is -2.50. The van der Waals surface area contributed by atoms with Crippen molar-refractivity contribution in [3.8, 4) is 0 Å². The molecule has 1 saturated heterocycles. The quantitative estimate of drug-likeness (QED) is 0.620. The lowest BCUT2D eigenvalue weighted by molar-refractivity contribution is 0.0956. The molecule has 1 aromatic heterocycles. The van der Waals surface area contributed by atoms with Gasteiger partial charge in [-0.15, -0.1) is 0 Å². The van der Waals surface area contributed by atoms with E-state index >= 15 is 0 Å². The van der Waals surface area contributed by atoms with Crippen LogP contribution in [0.4, 0.5) is 5.82 Å². The van der Waals surface area contributed by atoms with E-state index in [1.807, 2.05) is 23.1 Å². The summed E-state index contributed by atoms with van der Waals surface area (Å²) in [6, 6.07) is 9.48. The molecule has 9 nitrogen and oxygen atoms in total. The molecule has 1 N–H and O–H groups in total. The third-order valence-electron chi connectivity index (χ3n) is 4.84. The van der Waals surface area contributed by atoms with Gasteiger partial charge in [0, 0.05) is 50.7 Å². The number of amides is 1. The number of nitrogens with zero attached hydrogens (tertiary/aromatic N) is 3. The standard InChI is InChI=1S/C19H23ClN4O5S2/c1-30(26,27)17-14-15(5-6-16(17)20)19(25)22-8-13-31(28,29)24-11-9-23(10-12-24)18-4-2-3-7-21-18/h2-7,14H,8-13H2,1H3,(H,22,25). The number of aromatic nitrogens is 1. The molecule has 31 heavy (non-hydrogen) atoms. The molecule has 1 amide bonds. The number of rotatable bonds is 7. The number of sulfone groups is 1. The van der Waals surface area contributed by atoms with Crippen LogP contribution < -0.4 is 10.2 Å². The van der Waals surface area contributed by atoms with Crippen molar-refractivity contribution in [2.75, 3.05) is 49.6 Å². The molecule has 12 heteroatoms. The van der Waals surface area contributed by atoms with Gasteiger partial charge in [0.15, 0.2) is 9.84 Å². The van der Waals surface area contributed by atoms with Gasteiger partial charge in [0.05, 0.1) is 15.7 Å². The zero-order chi connectivity index (χ0) is 22.6. The minimum Gasteiger partial charge on any atom is -0.354 e. The Labute approximate surface area is 187 Å². The van der Waals surface area contributed by atoms with Crippen LogP contribution >= 0.6 is 11.6 Å². The Kier molecular flexibility index (Phi) is 7.20. The molecule has 0 spiro atoms. The maximum atomic E-state index is 12.6. The summed E-state index contributed by atoms with van der Waals surface area (Å²) in [5.74, 6) is -0.0190. The molecule has 1 aliphatic rings. The lowest BCUT2D eigenvalue weighted by Gasteiger charge is -2.34. The van der Waals surface area contributed by atoms with Crippen molar-refractivity contribution in [2.45, 2.75) is 4.90 Å². The molecule has 0 unspecified atom stereocenters. The zero-order valence-corrected chi connectivity index (χ0v) is 19.3. The summed E-state index contributed by atoms with van der Waals surface area (Å²) in [4.78, 5) is 18.5. The van der Waals surface area contributed by atoms with E-state index in [0.717, 1.165) is 12.1 Å². The topological polar surface area (TPSA) is 117 Å². The van der Waals surface area contributed by atoms with Gasteiger partial charge in [-0.3, -0.25) is 4.79 Å². The molecule has 0 aliphatic carbocycles. The van der Waals surface area contributed by atoms with E-state index in [9.17, 15) is 21.6 Å². The second-order valence-corrected chi connectivity index (χ2v) is 11.5. The highest BCUT2D eigenvalue weighted by Gasteiger charge is 2.27. The Bertz CT molecular complexity index is 1150. The monoisotopic (exact) mass is 486 g/mol. The molecule has 1 aromatic carbocycles. The van der Waals surface area contributed by atoms with Crippen LogP contribution in [-0.4, -0.2) is 76.8 Å². The molecule has 0 bridgehead atoms. The number of anilines is 1. The second kappa shape index (κ2) is 9.51. The third-order valence-corrected chi connectivity index (χ3v) is 8.29. The number of sulfonamides is 1. The maximum Gasteiger partial charge on any atom is 0.251 e. The van der Waals surface area contributed by atoms with E-state index in [4.69, 9.17) is 11.6 Å². The van der Waals surface area contributed by atoms with Gasteiger partial charge in [0.1, 0.15) is 5.82 Å². The van der Waals surface area contributed by atoms with Crippen LogP contribution in [0.1, 0.15) is 10.4 Å². The van der Waals surface area contributed by atoms with E-state index in [0.29, 0.717) is 26.2 Å². The highest BCUT2D eigenvalue weighted by Crippen LogP contribution is 2.22. The summed E-state index contributed by atoms with van der Waals surface area (Å²) in [5.41, 5.74) is 0.0891. The minimum atomic E-state index is -3.60. The van der Waals surface area contributed by atoms with Crippen LogP contribution in [0.2, 0.25) is 5.02 Å². The van der Waals surface area contributed by atoms with Crippen molar-refractivity contribution in [2.24, 2.45) is 0 Å². The SMILES string of the molecule is CS(=O)(=O)c1cc(C(=O)NCCS(=O)(=O)N2CCN(c3ccccn3)CC2)ccc1Cl. The molecule has 2 aromatic rings. The Morgan fingerprint density at radius 2 is 1.81 bits per heavy atom. The predicted octanol–water partition coefficient (Wildman–Crippen LogP) is 1.02. The minimum absolute atomic E-state index is 0.0199. The van der Waals surface area contributed by atoms with Crippen LogP contribution in [0.15, 0.2) is 47.5 Å². The van der Waals surface area contributed by atoms with E-state index in [1.54, 1.807) is 6.20 Å². The first-order valence-corrected chi connectivity index (χ1v) is 13.4. The number of hydrogen-bond acceptors (Lipinski definition) is 7. The van der Waals surface area contributed by atoms with Gasteiger partial charge in [0.2, 0.25) is 10.0 Å². The molecule has 168 valence electrons. The Balaban J connectivity index is 1.54. The first-order chi connectivity index (χ1) is 14.6. The summed E-state index contributed by atoms with van der Waals surface area (Å²) in [6.07, 6.45) is 2.69. The molecule has 1 fully saturated rings. The summed E-state index contributed by atoms with van der Waals surface area (Å²) in [5, 5.41) is 2.54. The highest BCUT2D eigenvalue weighted by molar-refractivity contribution is 7.90. The largest absolute Gasteiger partial charge is 0.354 e. The molecule has 2 heterocycles. The van der Waals surface area contributed by atoms with Crippen LogP contribution in [0, 0.1) is 0 Å². The number of hydrogen-bond donors (Lipinski definition) is 1. The summed E-state index contributed by atoms with van der Waals surface area (Å²) in [6.45, 7) is 1.63. The van der Waals surface area contributed by atoms with Crippen molar-refractivity contribution in [3.63, 3.8) is 0 Å². The number of piperazine rings is 1. The van der Waals surface area contributed by atoms with E-state index in [1.165, 1.54) is 22.5 Å². The number of carbonyl (C=O) groups is 1. The van der Waals surface area contributed by atoms with Crippen LogP contribution in [0.25, 0.3) is 0 Å². The summed E-state index contributed by atoms with van der Waals surface area (Å²) >= 11 is 5.88. The molecule has 0 atom stereocenters. The lowest BCUT2D eigenvalue weighted by atomic mass is 10.2. The van der Waals surface area contributed by atoms with E-state index in [-0.39, 0.29) is 27.8 Å². The molecular weight excluding hydrogens is 464 g/mol. The first-order valence-electron chi connectivity index (χ1n) is 9.49. The Morgan fingerprint density at radius 1 is 1.10 bits per heavy atom. The zero-order valence-electron chi connectivity index (χ0n) is 16.9. The summed E-state index contributed by atoms with van der Waals surface area (Å²) in [7, 11) is -7.15. The van der Waals surface area contributed by atoms with Crippen molar-refractivity contribution in [3.05, 3.63) is 53.2 Å². The summed E-state index contributed by atoms with van der Waals surface area (Å²) < 4.78 is 50.2. The number of halogens is 1. The average molecular weight is 487 g/mol. The van der Waals surface area contributed by atoms with Gasteiger partial charge in [-0.25, -0.2) is 21.8 Å². The highest BCUT2D eigenvalue weighted by atomic mass is 35.5. The van der Waals surface area contributed by atoms with Crippen LogP contribution in [-0.2, 0) is 19.9 Å². The normalized spacial score (nSPS) is 15.6. The fraction of sp³-hybridized carbons (Fsp3) is 0.368. The van der Waals surface area contributed by atoms with Gasteiger partial charge in [-0.05, 0) is 30.3 Å². The number of pyridine rings is 1. The fourth-order valence-corrected chi connectivity index (χ4v) is 5.83. The molecule has 0 saturated carbocycles. The maximum absolute atomic E-state index is 12.6. The predicted molar refractivity (Wildman–Crippen MR) is 119 cm³/mol. The Morgan fingerprint density at radius 3 is 2.42 bits per heavy atom. The van der Waals surface area contributed by atoms with Gasteiger partial charge >= 0.3 is 0 Å². The molecular formula is C19H23ClN4O5S2. The third kappa shape index (κ3) is 5.94. The smallest absolute Gasteiger partial charge is 0.251 e. The van der Waals surface area contributed by atoms with Crippen molar-refractivity contribution in [1.82, 2.24) is 14.6 Å². The van der Waals surface area contributed by atoms with E-state index in [2.05, 4.69) is 10.3 Å². The van der Waals surface area contributed by atoms with Gasteiger partial charge in [-0.2, -0.15) is 4.31 Å². The van der Waals surface area contributed by atoms with Gasteiger partial charge < -0.3 is 10.2 Å². The van der Waals surface area contributed by atoms with Gasteiger partial charge in [0.25, 0.3) is 5.91 Å².